The van der Waals surface area contributed by atoms with Gasteiger partial charge in [-0.15, -0.1) is 11.8 Å². The average Bonchev–Trinajstić information content (AvgIpc) is 2.47. The van der Waals surface area contributed by atoms with Gasteiger partial charge in [-0.25, -0.2) is 0 Å². The van der Waals surface area contributed by atoms with Gasteiger partial charge in [0.2, 0.25) is 0 Å². The van der Waals surface area contributed by atoms with Crippen molar-refractivity contribution in [2.45, 2.75) is 23.5 Å². The Balaban J connectivity index is 2.35. The molecule has 0 radical (unpaired) electrons. The van der Waals surface area contributed by atoms with Crippen molar-refractivity contribution in [1.82, 2.24) is 4.98 Å². The van der Waals surface area contributed by atoms with Crippen LogP contribution in [0.3, 0.4) is 0 Å². The van der Waals surface area contributed by atoms with Gasteiger partial charge in [0.05, 0.1) is 29.4 Å². The molecule has 0 aliphatic carbocycles. The molecule has 1 atom stereocenters. The predicted molar refractivity (Wildman–Crippen MR) is 80.3 cm³/mol. The van der Waals surface area contributed by atoms with Crippen molar-refractivity contribution in [3.05, 3.63) is 40.6 Å². The Morgan fingerprint density at radius 1 is 1.48 bits per heavy atom. The highest BCUT2D eigenvalue weighted by molar-refractivity contribution is 8.00. The maximum absolute atomic E-state index is 11.3. The lowest BCUT2D eigenvalue weighted by Crippen LogP contribution is -2.08. The summed E-state index contributed by atoms with van der Waals surface area (Å²) in [7, 11) is 1.35. The fourth-order valence-corrected chi connectivity index (χ4v) is 3.04. The lowest BCUT2D eigenvalue weighted by atomic mass is 10.2. The second kappa shape index (κ2) is 6.53. The summed E-state index contributed by atoms with van der Waals surface area (Å²) >= 11 is 1.45. The van der Waals surface area contributed by atoms with Gasteiger partial charge in [0.15, 0.2) is 0 Å². The third-order valence-corrected chi connectivity index (χ3v) is 4.07. The maximum atomic E-state index is 11.3. The molecule has 0 N–H and O–H groups in total. The first-order chi connectivity index (χ1) is 10.0. The molecule has 1 aromatic heterocycles. The van der Waals surface area contributed by atoms with Crippen LogP contribution in [0.1, 0.15) is 13.3 Å². The standard InChI is InChI=1S/C14H14N2O4S/c1-9(8-13(17)20-2)21-12-6-5-11(16(18)19)10-4-3-7-15-14(10)12/h3-7,9H,8H2,1-2H3. The van der Waals surface area contributed by atoms with Crippen LogP contribution in [0.15, 0.2) is 35.4 Å². The number of aromatic nitrogens is 1. The summed E-state index contributed by atoms with van der Waals surface area (Å²) < 4.78 is 4.64. The number of carbonyl (C=O) groups excluding carboxylic acids is 1. The molecule has 110 valence electrons. The van der Waals surface area contributed by atoms with E-state index in [1.807, 2.05) is 6.92 Å². The zero-order chi connectivity index (χ0) is 15.4. The van der Waals surface area contributed by atoms with Gasteiger partial charge >= 0.3 is 5.97 Å². The number of benzene rings is 1. The normalized spacial score (nSPS) is 12.1. The van der Waals surface area contributed by atoms with E-state index in [1.54, 1.807) is 24.4 Å². The van der Waals surface area contributed by atoms with E-state index in [0.29, 0.717) is 10.9 Å². The first-order valence-corrected chi connectivity index (χ1v) is 7.16. The molecular formula is C14H14N2O4S. The van der Waals surface area contributed by atoms with Gasteiger partial charge in [-0.1, -0.05) is 6.92 Å². The Hall–Kier alpha value is -2.15. The molecule has 2 aromatic rings. The molecule has 0 fully saturated rings. The summed E-state index contributed by atoms with van der Waals surface area (Å²) in [5.74, 6) is -0.283. The van der Waals surface area contributed by atoms with Crippen molar-refractivity contribution >= 4 is 34.3 Å². The number of non-ortho nitro benzene ring substituents is 1. The fourth-order valence-electron chi connectivity index (χ4n) is 1.96. The van der Waals surface area contributed by atoms with Gasteiger partial charge in [-0.2, -0.15) is 0 Å². The molecule has 0 saturated heterocycles. The van der Waals surface area contributed by atoms with E-state index in [-0.39, 0.29) is 23.3 Å². The van der Waals surface area contributed by atoms with E-state index in [1.165, 1.54) is 24.9 Å². The lowest BCUT2D eigenvalue weighted by Gasteiger charge is -2.11. The molecular weight excluding hydrogens is 292 g/mol. The molecule has 2 rings (SSSR count). The van der Waals surface area contributed by atoms with Crippen molar-refractivity contribution in [2.75, 3.05) is 7.11 Å². The van der Waals surface area contributed by atoms with Gasteiger partial charge in [-0.3, -0.25) is 19.9 Å². The molecule has 21 heavy (non-hydrogen) atoms. The number of nitrogens with zero attached hydrogens (tertiary/aromatic N) is 2. The van der Waals surface area contributed by atoms with Crippen LogP contribution in [0, 0.1) is 10.1 Å². The van der Waals surface area contributed by atoms with Gasteiger partial charge in [0.25, 0.3) is 5.69 Å². The van der Waals surface area contributed by atoms with Crippen LogP contribution >= 0.6 is 11.8 Å². The Kier molecular flexibility index (Phi) is 4.74. The van der Waals surface area contributed by atoms with Crippen molar-refractivity contribution in [3.8, 4) is 0 Å². The number of methoxy groups -OCH3 is 1. The SMILES string of the molecule is COC(=O)CC(C)Sc1ccc([N+](=O)[O-])c2cccnc12. The zero-order valence-electron chi connectivity index (χ0n) is 11.6. The molecule has 1 aromatic carbocycles. The Bertz CT molecular complexity index is 690. The predicted octanol–water partition coefficient (Wildman–Crippen LogP) is 3.19. The third-order valence-electron chi connectivity index (χ3n) is 2.92. The van der Waals surface area contributed by atoms with Crippen LogP contribution in [0.4, 0.5) is 5.69 Å². The molecule has 6 nitrogen and oxygen atoms in total. The lowest BCUT2D eigenvalue weighted by molar-refractivity contribution is -0.383. The van der Waals surface area contributed by atoms with Crippen LogP contribution in [0.25, 0.3) is 10.9 Å². The van der Waals surface area contributed by atoms with E-state index in [2.05, 4.69) is 9.72 Å². The average molecular weight is 306 g/mol. The van der Waals surface area contributed by atoms with Crippen molar-refractivity contribution in [3.63, 3.8) is 0 Å². The number of carbonyl (C=O) groups is 1. The van der Waals surface area contributed by atoms with E-state index in [4.69, 9.17) is 0 Å². The van der Waals surface area contributed by atoms with E-state index in [0.717, 1.165) is 4.90 Å². The minimum atomic E-state index is -0.420. The van der Waals surface area contributed by atoms with Crippen LogP contribution in [-0.4, -0.2) is 28.2 Å². The summed E-state index contributed by atoms with van der Waals surface area (Å²) in [4.78, 5) is 26.9. The quantitative estimate of drug-likeness (QED) is 0.365. The number of rotatable bonds is 5. The number of thioether (sulfide) groups is 1. The van der Waals surface area contributed by atoms with E-state index >= 15 is 0 Å². The Morgan fingerprint density at radius 2 is 2.24 bits per heavy atom. The van der Waals surface area contributed by atoms with E-state index < -0.39 is 4.92 Å². The van der Waals surface area contributed by atoms with Crippen molar-refractivity contribution in [2.24, 2.45) is 0 Å². The second-order valence-corrected chi connectivity index (χ2v) is 5.93. The Labute approximate surface area is 125 Å². The molecule has 7 heteroatoms. The molecule has 0 aliphatic heterocycles. The summed E-state index contributed by atoms with van der Waals surface area (Å²) in [5.41, 5.74) is 0.608. The summed E-state index contributed by atoms with van der Waals surface area (Å²) in [6.07, 6.45) is 1.87. The summed E-state index contributed by atoms with van der Waals surface area (Å²) in [5, 5.41) is 11.5. The van der Waals surface area contributed by atoms with Gasteiger partial charge in [0, 0.05) is 22.4 Å². The number of hydrogen-bond acceptors (Lipinski definition) is 6. The monoisotopic (exact) mass is 306 g/mol. The summed E-state index contributed by atoms with van der Waals surface area (Å²) in [6, 6.07) is 6.49. The third kappa shape index (κ3) is 3.49. The number of pyridine rings is 1. The molecule has 1 unspecified atom stereocenters. The summed E-state index contributed by atoms with van der Waals surface area (Å²) in [6.45, 7) is 1.90. The Morgan fingerprint density at radius 3 is 2.90 bits per heavy atom. The number of hydrogen-bond donors (Lipinski definition) is 0. The number of nitro groups is 1. The van der Waals surface area contributed by atoms with Crippen molar-refractivity contribution < 1.29 is 14.5 Å². The highest BCUT2D eigenvalue weighted by Gasteiger charge is 2.18. The number of nitro benzene ring substituents is 1. The van der Waals surface area contributed by atoms with Crippen LogP contribution < -0.4 is 0 Å². The zero-order valence-corrected chi connectivity index (χ0v) is 12.4. The number of ether oxygens (including phenoxy) is 1. The second-order valence-electron chi connectivity index (χ2n) is 4.45. The maximum Gasteiger partial charge on any atom is 0.306 e. The van der Waals surface area contributed by atoms with Crippen molar-refractivity contribution in [1.29, 1.82) is 0 Å². The minimum absolute atomic E-state index is 0.0101. The largest absolute Gasteiger partial charge is 0.469 e. The molecule has 0 aliphatic rings. The first-order valence-electron chi connectivity index (χ1n) is 6.28. The molecule has 0 saturated carbocycles. The molecule has 0 spiro atoms. The fraction of sp³-hybridized carbons (Fsp3) is 0.286. The van der Waals surface area contributed by atoms with E-state index in [9.17, 15) is 14.9 Å². The van der Waals surface area contributed by atoms with Gasteiger partial charge < -0.3 is 4.74 Å². The molecule has 0 amide bonds. The van der Waals surface area contributed by atoms with Gasteiger partial charge in [0.1, 0.15) is 0 Å². The molecule has 0 bridgehead atoms. The molecule has 1 heterocycles. The topological polar surface area (TPSA) is 82.3 Å². The van der Waals surface area contributed by atoms with Gasteiger partial charge in [-0.05, 0) is 18.2 Å². The highest BCUT2D eigenvalue weighted by atomic mass is 32.2. The van der Waals surface area contributed by atoms with Crippen LogP contribution in [0.2, 0.25) is 0 Å². The van der Waals surface area contributed by atoms with Crippen LogP contribution in [-0.2, 0) is 9.53 Å². The first kappa shape index (κ1) is 15.2. The number of fused-ring (bicyclic) bond motifs is 1. The van der Waals surface area contributed by atoms with Crippen LogP contribution in [0.5, 0.6) is 0 Å². The smallest absolute Gasteiger partial charge is 0.306 e. The number of esters is 1. The minimum Gasteiger partial charge on any atom is -0.469 e. The highest BCUT2D eigenvalue weighted by Crippen LogP contribution is 2.35.